The van der Waals surface area contributed by atoms with Gasteiger partial charge in [0.25, 0.3) is 11.7 Å². The van der Waals surface area contributed by atoms with E-state index >= 15 is 0 Å². The normalized spacial score (nSPS) is 10.2. The number of hydrogen-bond donors (Lipinski definition) is 1. The summed E-state index contributed by atoms with van der Waals surface area (Å²) in [4.78, 5) is 14.2. The van der Waals surface area contributed by atoms with Gasteiger partial charge in [0.05, 0.1) is 10.6 Å². The van der Waals surface area contributed by atoms with Crippen LogP contribution in [0.4, 0.5) is 0 Å². The third kappa shape index (κ3) is 1.82. The minimum atomic E-state index is -1.24. The predicted octanol–water partition coefficient (Wildman–Crippen LogP) is 2.09. The van der Waals surface area contributed by atoms with E-state index in [1.807, 2.05) is 0 Å². The van der Waals surface area contributed by atoms with Crippen LogP contribution in [-0.2, 0) is 0 Å². The van der Waals surface area contributed by atoms with Gasteiger partial charge in [-0.2, -0.15) is 4.98 Å². The minimum Gasteiger partial charge on any atom is -0.475 e. The van der Waals surface area contributed by atoms with E-state index in [2.05, 4.69) is 10.1 Å². The Bertz CT molecular complexity index is 510. The van der Waals surface area contributed by atoms with Crippen molar-refractivity contribution in [2.75, 3.05) is 0 Å². The van der Waals surface area contributed by atoms with Gasteiger partial charge in [-0.05, 0) is 17.3 Å². The summed E-state index contributed by atoms with van der Waals surface area (Å²) in [5.74, 6) is -1.53. The van der Waals surface area contributed by atoms with Crippen LogP contribution >= 0.6 is 11.6 Å². The van der Waals surface area contributed by atoms with E-state index in [-0.39, 0.29) is 11.7 Å². The largest absolute Gasteiger partial charge is 0.475 e. The predicted molar refractivity (Wildman–Crippen MR) is 51.7 cm³/mol. The lowest BCUT2D eigenvalue weighted by molar-refractivity contribution is 0.0680. The van der Waals surface area contributed by atoms with Gasteiger partial charge in [0.15, 0.2) is 0 Å². The second-order valence-electron chi connectivity index (χ2n) is 2.71. The van der Waals surface area contributed by atoms with Crippen molar-refractivity contribution in [1.82, 2.24) is 10.1 Å². The van der Waals surface area contributed by atoms with Crippen molar-refractivity contribution in [2.45, 2.75) is 0 Å². The smallest absolute Gasteiger partial charge is 0.377 e. The Morgan fingerprint density at radius 2 is 2.13 bits per heavy atom. The molecule has 76 valence electrons. The monoisotopic (exact) mass is 224 g/mol. The van der Waals surface area contributed by atoms with Gasteiger partial charge < -0.3 is 9.63 Å². The lowest BCUT2D eigenvalue weighted by atomic mass is 10.2. The molecule has 0 aliphatic carbocycles. The minimum absolute atomic E-state index is 0.0954. The molecular formula is C9H5ClN2O3. The Kier molecular flexibility index (Phi) is 2.39. The summed E-state index contributed by atoms with van der Waals surface area (Å²) >= 11 is 5.87. The van der Waals surface area contributed by atoms with Gasteiger partial charge in [-0.3, -0.25) is 0 Å². The molecule has 0 fully saturated rings. The number of rotatable bonds is 2. The van der Waals surface area contributed by atoms with Crippen LogP contribution in [0.1, 0.15) is 10.6 Å². The zero-order chi connectivity index (χ0) is 10.8. The number of carboxylic acids is 1. The molecule has 0 saturated carbocycles. The van der Waals surface area contributed by atoms with Gasteiger partial charge in [0.1, 0.15) is 0 Å². The number of hydrogen-bond acceptors (Lipinski definition) is 4. The molecule has 0 atom stereocenters. The van der Waals surface area contributed by atoms with Gasteiger partial charge in [-0.25, -0.2) is 4.79 Å². The van der Waals surface area contributed by atoms with Gasteiger partial charge in [-0.1, -0.05) is 23.7 Å². The molecule has 0 saturated heterocycles. The molecule has 0 radical (unpaired) electrons. The second-order valence-corrected chi connectivity index (χ2v) is 3.12. The van der Waals surface area contributed by atoms with Crippen LogP contribution in [0.15, 0.2) is 28.8 Å². The van der Waals surface area contributed by atoms with Crippen molar-refractivity contribution in [3.8, 4) is 11.5 Å². The fourth-order valence-electron chi connectivity index (χ4n) is 1.05. The zero-order valence-electron chi connectivity index (χ0n) is 7.35. The van der Waals surface area contributed by atoms with E-state index in [9.17, 15) is 4.79 Å². The number of halogens is 1. The molecule has 0 amide bonds. The van der Waals surface area contributed by atoms with E-state index < -0.39 is 5.97 Å². The first kappa shape index (κ1) is 9.67. The molecule has 0 aliphatic heterocycles. The Hall–Kier alpha value is -1.88. The fourth-order valence-corrected chi connectivity index (χ4v) is 1.27. The number of benzene rings is 1. The molecule has 15 heavy (non-hydrogen) atoms. The van der Waals surface area contributed by atoms with Crippen LogP contribution < -0.4 is 0 Å². The van der Waals surface area contributed by atoms with Crippen LogP contribution in [0.5, 0.6) is 0 Å². The van der Waals surface area contributed by atoms with E-state index in [0.29, 0.717) is 10.6 Å². The summed E-state index contributed by atoms with van der Waals surface area (Å²) in [5.41, 5.74) is 0.513. The number of nitrogens with zero attached hydrogens (tertiary/aromatic N) is 2. The van der Waals surface area contributed by atoms with Crippen LogP contribution in [-0.4, -0.2) is 21.2 Å². The molecule has 1 aromatic carbocycles. The first-order valence-corrected chi connectivity index (χ1v) is 4.38. The molecule has 0 bridgehead atoms. The van der Waals surface area contributed by atoms with Gasteiger partial charge in [0.2, 0.25) is 0 Å². The molecule has 2 aromatic rings. The molecule has 0 aliphatic rings. The number of aromatic nitrogens is 2. The van der Waals surface area contributed by atoms with Gasteiger partial charge in [0, 0.05) is 0 Å². The molecule has 1 N–H and O–H groups in total. The molecule has 1 aromatic heterocycles. The third-order valence-corrected chi connectivity index (χ3v) is 2.05. The molecule has 1 heterocycles. The molecule has 5 nitrogen and oxygen atoms in total. The average Bonchev–Trinajstić information content (AvgIpc) is 2.67. The van der Waals surface area contributed by atoms with Crippen molar-refractivity contribution in [2.24, 2.45) is 0 Å². The number of aromatic carboxylic acids is 1. The number of carboxylic acid groups (broad SMARTS) is 1. The Labute approximate surface area is 89.3 Å². The Morgan fingerprint density at radius 3 is 2.73 bits per heavy atom. The summed E-state index contributed by atoms with van der Waals surface area (Å²) in [6.07, 6.45) is 0. The first-order valence-electron chi connectivity index (χ1n) is 4.00. The molecule has 0 spiro atoms. The maximum atomic E-state index is 10.5. The van der Waals surface area contributed by atoms with E-state index in [1.54, 1.807) is 24.3 Å². The summed E-state index contributed by atoms with van der Waals surface area (Å²) in [7, 11) is 0. The summed E-state index contributed by atoms with van der Waals surface area (Å²) < 4.78 is 4.77. The molecule has 0 unspecified atom stereocenters. The highest BCUT2D eigenvalue weighted by Crippen LogP contribution is 2.25. The van der Waals surface area contributed by atoms with E-state index in [0.717, 1.165) is 0 Å². The van der Waals surface area contributed by atoms with E-state index in [4.69, 9.17) is 21.2 Å². The Morgan fingerprint density at radius 1 is 1.40 bits per heavy atom. The van der Waals surface area contributed by atoms with Crippen LogP contribution in [0.2, 0.25) is 5.02 Å². The quantitative estimate of drug-likeness (QED) is 0.845. The van der Waals surface area contributed by atoms with Crippen molar-refractivity contribution in [3.63, 3.8) is 0 Å². The maximum Gasteiger partial charge on any atom is 0.377 e. The highest BCUT2D eigenvalue weighted by atomic mass is 35.5. The van der Waals surface area contributed by atoms with Crippen molar-refractivity contribution < 1.29 is 14.4 Å². The summed E-state index contributed by atoms with van der Waals surface area (Å²) in [6, 6.07) is 6.81. The summed E-state index contributed by atoms with van der Waals surface area (Å²) in [5, 5.41) is 12.3. The second kappa shape index (κ2) is 3.70. The topological polar surface area (TPSA) is 76.2 Å². The van der Waals surface area contributed by atoms with Crippen LogP contribution in [0, 0.1) is 0 Å². The van der Waals surface area contributed by atoms with Gasteiger partial charge >= 0.3 is 5.97 Å². The third-order valence-electron chi connectivity index (χ3n) is 1.72. The highest BCUT2D eigenvalue weighted by molar-refractivity contribution is 6.33. The maximum absolute atomic E-state index is 10.5. The van der Waals surface area contributed by atoms with Crippen molar-refractivity contribution in [1.29, 1.82) is 0 Å². The SMILES string of the molecule is O=C(O)c1noc(-c2ccccc2Cl)n1. The first-order chi connectivity index (χ1) is 7.18. The molecular weight excluding hydrogens is 220 g/mol. The lowest BCUT2D eigenvalue weighted by Crippen LogP contribution is -1.98. The fraction of sp³-hybridized carbons (Fsp3) is 0. The lowest BCUT2D eigenvalue weighted by Gasteiger charge is -1.95. The zero-order valence-corrected chi connectivity index (χ0v) is 8.10. The van der Waals surface area contributed by atoms with Crippen molar-refractivity contribution >= 4 is 17.6 Å². The molecule has 2 rings (SSSR count). The summed E-state index contributed by atoms with van der Waals surface area (Å²) in [6.45, 7) is 0. The van der Waals surface area contributed by atoms with Gasteiger partial charge in [-0.15, -0.1) is 0 Å². The standard InChI is InChI=1S/C9H5ClN2O3/c10-6-4-2-1-3-5(6)8-11-7(9(13)14)12-15-8/h1-4H,(H,13,14). The van der Waals surface area contributed by atoms with Crippen LogP contribution in [0.3, 0.4) is 0 Å². The Balaban J connectivity index is 2.46. The average molecular weight is 225 g/mol. The van der Waals surface area contributed by atoms with Crippen LogP contribution in [0.25, 0.3) is 11.5 Å². The van der Waals surface area contributed by atoms with Crippen molar-refractivity contribution in [3.05, 3.63) is 35.1 Å². The molecule has 6 heteroatoms. The van der Waals surface area contributed by atoms with E-state index in [1.165, 1.54) is 0 Å². The number of carbonyl (C=O) groups is 1. The highest BCUT2D eigenvalue weighted by Gasteiger charge is 2.15.